The first-order valence-electron chi connectivity index (χ1n) is 7.33. The number of carbonyl (C=O) groups is 2. The van der Waals surface area contributed by atoms with Crippen LogP contribution in [-0.4, -0.2) is 34.6 Å². The molecule has 1 saturated carbocycles. The molecule has 1 aromatic rings. The summed E-state index contributed by atoms with van der Waals surface area (Å²) >= 11 is 0. The summed E-state index contributed by atoms with van der Waals surface area (Å²) in [7, 11) is 0. The van der Waals surface area contributed by atoms with E-state index in [1.54, 1.807) is 0 Å². The Morgan fingerprint density at radius 3 is 2.62 bits per heavy atom. The molecule has 0 saturated heterocycles. The molecule has 1 heterocycles. The number of amides is 2. The minimum atomic E-state index is -0.947. The maximum Gasteiger partial charge on any atom is 0.326 e. The zero-order chi connectivity index (χ0) is 15.0. The third kappa shape index (κ3) is 2.86. The van der Waals surface area contributed by atoms with Gasteiger partial charge in [0.2, 0.25) is 0 Å². The summed E-state index contributed by atoms with van der Waals surface area (Å²) < 4.78 is 0. The summed E-state index contributed by atoms with van der Waals surface area (Å²) in [5.41, 5.74) is 2.26. The van der Waals surface area contributed by atoms with Crippen molar-refractivity contribution in [2.24, 2.45) is 5.41 Å². The predicted octanol–water partition coefficient (Wildman–Crippen LogP) is 2.01. The molecule has 2 N–H and O–H groups in total. The number of rotatable bonds is 3. The molecule has 21 heavy (non-hydrogen) atoms. The second-order valence-electron chi connectivity index (χ2n) is 6.42. The fraction of sp³-hybridized carbons (Fsp3) is 0.500. The number of aliphatic carboxylic acids is 1. The van der Waals surface area contributed by atoms with Gasteiger partial charge in [0.25, 0.3) is 0 Å². The summed E-state index contributed by atoms with van der Waals surface area (Å²) in [5.74, 6) is -0.947. The van der Waals surface area contributed by atoms with Crippen LogP contribution in [0.15, 0.2) is 24.3 Å². The average Bonchev–Trinajstić information content (AvgIpc) is 3.21. The lowest BCUT2D eigenvalue weighted by Crippen LogP contribution is -2.52. The summed E-state index contributed by atoms with van der Waals surface area (Å²) in [6, 6.07) is 6.65. The lowest BCUT2D eigenvalue weighted by molar-refractivity contribution is -0.142. The van der Waals surface area contributed by atoms with Gasteiger partial charge in [0.15, 0.2) is 0 Å². The van der Waals surface area contributed by atoms with E-state index in [-0.39, 0.29) is 11.4 Å². The van der Waals surface area contributed by atoms with Crippen molar-refractivity contribution in [1.29, 1.82) is 0 Å². The van der Waals surface area contributed by atoms with Gasteiger partial charge in [-0.2, -0.15) is 0 Å². The third-order valence-corrected chi connectivity index (χ3v) is 4.56. The number of nitrogens with zero attached hydrogens (tertiary/aromatic N) is 1. The van der Waals surface area contributed by atoms with Gasteiger partial charge < -0.3 is 15.3 Å². The molecule has 112 valence electrons. The number of benzene rings is 1. The van der Waals surface area contributed by atoms with Crippen LogP contribution in [0.4, 0.5) is 4.79 Å². The molecule has 0 radical (unpaired) electrons. The molecule has 2 aliphatic rings. The van der Waals surface area contributed by atoms with Crippen LogP contribution in [0.2, 0.25) is 0 Å². The van der Waals surface area contributed by atoms with Gasteiger partial charge in [-0.25, -0.2) is 9.59 Å². The van der Waals surface area contributed by atoms with E-state index in [9.17, 15) is 14.7 Å². The van der Waals surface area contributed by atoms with Crippen LogP contribution in [0, 0.1) is 5.41 Å². The van der Waals surface area contributed by atoms with Gasteiger partial charge in [0.05, 0.1) is 0 Å². The van der Waals surface area contributed by atoms with Gasteiger partial charge in [0.1, 0.15) is 6.04 Å². The molecule has 2 amide bonds. The van der Waals surface area contributed by atoms with Crippen LogP contribution in [-0.2, 0) is 17.8 Å². The molecule has 5 nitrogen and oxygen atoms in total. The highest BCUT2D eigenvalue weighted by atomic mass is 16.4. The molecule has 3 rings (SSSR count). The van der Waals surface area contributed by atoms with Crippen LogP contribution in [0.5, 0.6) is 0 Å². The van der Waals surface area contributed by atoms with Crippen molar-refractivity contribution in [2.45, 2.75) is 38.8 Å². The zero-order valence-electron chi connectivity index (χ0n) is 12.1. The van der Waals surface area contributed by atoms with Crippen molar-refractivity contribution in [2.75, 3.05) is 6.54 Å². The number of hydrogen-bond donors (Lipinski definition) is 2. The number of urea groups is 1. The van der Waals surface area contributed by atoms with E-state index in [1.165, 1.54) is 4.90 Å². The second kappa shape index (κ2) is 5.06. The molecular formula is C16H20N2O3. The van der Waals surface area contributed by atoms with Crippen LogP contribution < -0.4 is 5.32 Å². The summed E-state index contributed by atoms with van der Waals surface area (Å²) in [4.78, 5) is 25.3. The topological polar surface area (TPSA) is 69.6 Å². The van der Waals surface area contributed by atoms with Crippen LogP contribution in [0.25, 0.3) is 0 Å². The first kappa shape index (κ1) is 13.9. The normalized spacial score (nSPS) is 22.3. The van der Waals surface area contributed by atoms with E-state index in [2.05, 4.69) is 12.2 Å². The molecule has 1 unspecified atom stereocenters. The summed E-state index contributed by atoms with van der Waals surface area (Å²) in [6.07, 6.45) is 2.62. The van der Waals surface area contributed by atoms with E-state index in [0.717, 1.165) is 24.0 Å². The van der Waals surface area contributed by atoms with E-state index >= 15 is 0 Å². The Morgan fingerprint density at radius 1 is 1.33 bits per heavy atom. The molecule has 0 bridgehead atoms. The quantitative estimate of drug-likeness (QED) is 0.894. The number of fused-ring (bicyclic) bond motifs is 1. The van der Waals surface area contributed by atoms with Crippen LogP contribution in [0.1, 0.15) is 30.9 Å². The first-order chi connectivity index (χ1) is 9.98. The molecule has 1 aliphatic carbocycles. The number of nitrogens with one attached hydrogen (secondary N) is 1. The standard InChI is InChI=1S/C16H20N2O3/c1-16(6-7-16)10-17-15(21)18-9-12-5-3-2-4-11(12)8-13(18)14(19)20/h2-5,13H,6-10H2,1H3,(H,17,21)(H,19,20). The summed E-state index contributed by atoms with van der Waals surface area (Å²) in [6.45, 7) is 3.11. The maximum atomic E-state index is 12.3. The number of hydrogen-bond acceptors (Lipinski definition) is 2. The van der Waals surface area contributed by atoms with Crippen molar-refractivity contribution >= 4 is 12.0 Å². The Kier molecular flexibility index (Phi) is 3.35. The summed E-state index contributed by atoms with van der Waals surface area (Å²) in [5, 5.41) is 12.3. The predicted molar refractivity (Wildman–Crippen MR) is 77.9 cm³/mol. The highest BCUT2D eigenvalue weighted by Gasteiger charge is 2.39. The Morgan fingerprint density at radius 2 is 2.00 bits per heavy atom. The number of carbonyl (C=O) groups excluding carboxylic acids is 1. The zero-order valence-corrected chi connectivity index (χ0v) is 12.1. The molecule has 1 aliphatic heterocycles. The lowest BCUT2D eigenvalue weighted by atomic mass is 9.94. The maximum absolute atomic E-state index is 12.3. The Balaban J connectivity index is 1.75. The van der Waals surface area contributed by atoms with Crippen molar-refractivity contribution in [1.82, 2.24) is 10.2 Å². The molecule has 0 spiro atoms. The van der Waals surface area contributed by atoms with Gasteiger partial charge in [-0.1, -0.05) is 31.2 Å². The number of carboxylic acids is 1. The van der Waals surface area contributed by atoms with Gasteiger partial charge in [-0.15, -0.1) is 0 Å². The Labute approximate surface area is 123 Å². The molecule has 1 atom stereocenters. The van der Waals surface area contributed by atoms with Gasteiger partial charge in [-0.3, -0.25) is 0 Å². The minimum Gasteiger partial charge on any atom is -0.480 e. The van der Waals surface area contributed by atoms with Crippen molar-refractivity contribution in [3.63, 3.8) is 0 Å². The molecular weight excluding hydrogens is 268 g/mol. The third-order valence-electron chi connectivity index (χ3n) is 4.56. The van der Waals surface area contributed by atoms with Crippen molar-refractivity contribution < 1.29 is 14.7 Å². The number of carboxylic acid groups (broad SMARTS) is 1. The van der Waals surface area contributed by atoms with Crippen molar-refractivity contribution in [3.8, 4) is 0 Å². The fourth-order valence-corrected chi connectivity index (χ4v) is 2.74. The monoisotopic (exact) mass is 288 g/mol. The Hall–Kier alpha value is -2.04. The van der Waals surface area contributed by atoms with E-state index in [0.29, 0.717) is 19.5 Å². The van der Waals surface area contributed by atoms with Crippen molar-refractivity contribution in [3.05, 3.63) is 35.4 Å². The SMILES string of the molecule is CC1(CNC(=O)N2Cc3ccccc3CC2C(=O)O)CC1. The van der Waals surface area contributed by atoms with Gasteiger partial charge in [0, 0.05) is 19.5 Å². The van der Waals surface area contributed by atoms with Gasteiger partial charge >= 0.3 is 12.0 Å². The largest absolute Gasteiger partial charge is 0.480 e. The average molecular weight is 288 g/mol. The Bertz CT molecular complexity index is 581. The van der Waals surface area contributed by atoms with E-state index in [4.69, 9.17) is 0 Å². The van der Waals surface area contributed by atoms with Crippen LogP contribution >= 0.6 is 0 Å². The van der Waals surface area contributed by atoms with E-state index < -0.39 is 12.0 Å². The molecule has 5 heteroatoms. The highest BCUT2D eigenvalue weighted by molar-refractivity contribution is 5.83. The van der Waals surface area contributed by atoms with Crippen LogP contribution in [0.3, 0.4) is 0 Å². The second-order valence-corrected chi connectivity index (χ2v) is 6.42. The lowest BCUT2D eigenvalue weighted by Gasteiger charge is -2.34. The molecule has 0 aromatic heterocycles. The fourth-order valence-electron chi connectivity index (χ4n) is 2.74. The smallest absolute Gasteiger partial charge is 0.326 e. The minimum absolute atomic E-state index is 0.210. The first-order valence-corrected chi connectivity index (χ1v) is 7.33. The van der Waals surface area contributed by atoms with Gasteiger partial charge in [-0.05, 0) is 29.4 Å². The van der Waals surface area contributed by atoms with E-state index in [1.807, 2.05) is 24.3 Å². The molecule has 1 fully saturated rings. The highest BCUT2D eigenvalue weighted by Crippen LogP contribution is 2.44. The molecule has 1 aromatic carbocycles.